The van der Waals surface area contributed by atoms with Crippen molar-refractivity contribution in [3.05, 3.63) is 20.8 Å². The number of likely N-dealkylation sites (N-methyl/N-ethyl adjacent to an activating group) is 1. The Hall–Kier alpha value is 0.0600. The molecule has 0 saturated carbocycles. The number of hydrogen-bond donors (Lipinski definition) is 1. The van der Waals surface area contributed by atoms with E-state index in [1.54, 1.807) is 11.3 Å². The van der Waals surface area contributed by atoms with E-state index in [9.17, 15) is 0 Å². The minimum atomic E-state index is 0.415. The van der Waals surface area contributed by atoms with Crippen LogP contribution in [-0.2, 0) is 11.3 Å². The van der Waals surface area contributed by atoms with Gasteiger partial charge in [-0.05, 0) is 59.8 Å². The molecule has 3 nitrogen and oxygen atoms in total. The SMILES string of the molecule is CC(NCCN(C)Cc1csc(Br)c1)C1CCCO1. The van der Waals surface area contributed by atoms with Crippen LogP contribution in [0, 0.1) is 0 Å². The second kappa shape index (κ2) is 7.74. The zero-order valence-corrected chi connectivity index (χ0v) is 14.1. The van der Waals surface area contributed by atoms with E-state index in [2.05, 4.69) is 51.6 Å². The highest BCUT2D eigenvalue weighted by Gasteiger charge is 2.21. The van der Waals surface area contributed by atoms with Gasteiger partial charge in [0.05, 0.1) is 9.89 Å². The zero-order valence-electron chi connectivity index (χ0n) is 11.7. The standard InChI is InChI=1S/C14H23BrN2OS/c1-11(13-4-3-7-18-13)16-5-6-17(2)9-12-8-14(15)19-10-12/h8,10-11,13,16H,3-7,9H2,1-2H3. The van der Waals surface area contributed by atoms with Gasteiger partial charge >= 0.3 is 0 Å². The summed E-state index contributed by atoms with van der Waals surface area (Å²) in [4.78, 5) is 2.35. The molecule has 19 heavy (non-hydrogen) atoms. The Morgan fingerprint density at radius 1 is 1.63 bits per heavy atom. The van der Waals surface area contributed by atoms with Crippen LogP contribution in [0.25, 0.3) is 0 Å². The Labute approximate surface area is 128 Å². The van der Waals surface area contributed by atoms with E-state index < -0.39 is 0 Å². The average molecular weight is 347 g/mol. The summed E-state index contributed by atoms with van der Waals surface area (Å²) in [7, 11) is 2.17. The van der Waals surface area contributed by atoms with Gasteiger partial charge in [0.15, 0.2) is 0 Å². The molecule has 1 aliphatic rings. The molecule has 0 aliphatic carbocycles. The molecule has 0 amide bonds. The van der Waals surface area contributed by atoms with Crippen molar-refractivity contribution in [3.63, 3.8) is 0 Å². The smallest absolute Gasteiger partial charge is 0.0726 e. The first-order chi connectivity index (χ1) is 9.15. The molecular formula is C14H23BrN2OS. The van der Waals surface area contributed by atoms with Gasteiger partial charge in [-0.25, -0.2) is 0 Å². The number of ether oxygens (including phenoxy) is 1. The minimum Gasteiger partial charge on any atom is -0.377 e. The fourth-order valence-electron chi connectivity index (χ4n) is 2.43. The second-order valence-corrected chi connectivity index (χ2v) is 7.58. The number of nitrogens with one attached hydrogen (secondary N) is 1. The lowest BCUT2D eigenvalue weighted by Crippen LogP contribution is -2.40. The fraction of sp³-hybridized carbons (Fsp3) is 0.714. The molecule has 1 aromatic rings. The van der Waals surface area contributed by atoms with E-state index in [4.69, 9.17) is 4.74 Å². The molecule has 0 bridgehead atoms. The summed E-state index contributed by atoms with van der Waals surface area (Å²) < 4.78 is 6.90. The molecule has 1 N–H and O–H groups in total. The van der Waals surface area contributed by atoms with Crippen molar-refractivity contribution in [1.82, 2.24) is 10.2 Å². The van der Waals surface area contributed by atoms with Crippen LogP contribution in [0.3, 0.4) is 0 Å². The van der Waals surface area contributed by atoms with Crippen molar-refractivity contribution in [1.29, 1.82) is 0 Å². The number of nitrogens with zero attached hydrogens (tertiary/aromatic N) is 1. The third-order valence-electron chi connectivity index (χ3n) is 3.56. The van der Waals surface area contributed by atoms with E-state index in [-0.39, 0.29) is 0 Å². The van der Waals surface area contributed by atoms with Gasteiger partial charge in [0.2, 0.25) is 0 Å². The largest absolute Gasteiger partial charge is 0.377 e. The lowest BCUT2D eigenvalue weighted by molar-refractivity contribution is 0.0829. The van der Waals surface area contributed by atoms with Gasteiger partial charge in [-0.2, -0.15) is 0 Å². The predicted octanol–water partition coefficient (Wildman–Crippen LogP) is 3.10. The van der Waals surface area contributed by atoms with Crippen LogP contribution in [0.2, 0.25) is 0 Å². The fourth-order valence-corrected chi connectivity index (χ4v) is 3.63. The van der Waals surface area contributed by atoms with Gasteiger partial charge in [-0.3, -0.25) is 0 Å². The summed E-state index contributed by atoms with van der Waals surface area (Å²) in [5.74, 6) is 0. The summed E-state index contributed by atoms with van der Waals surface area (Å²) in [5.41, 5.74) is 1.38. The Morgan fingerprint density at radius 2 is 2.47 bits per heavy atom. The van der Waals surface area contributed by atoms with Crippen molar-refractivity contribution >= 4 is 27.3 Å². The van der Waals surface area contributed by atoms with Crippen LogP contribution in [0.15, 0.2) is 15.2 Å². The minimum absolute atomic E-state index is 0.415. The molecule has 2 atom stereocenters. The zero-order chi connectivity index (χ0) is 13.7. The maximum Gasteiger partial charge on any atom is 0.0726 e. The third kappa shape index (κ3) is 5.16. The number of hydrogen-bond acceptors (Lipinski definition) is 4. The Bertz CT molecular complexity index is 379. The van der Waals surface area contributed by atoms with E-state index in [0.29, 0.717) is 12.1 Å². The molecule has 1 saturated heterocycles. The number of rotatable bonds is 7. The van der Waals surface area contributed by atoms with E-state index in [0.717, 1.165) is 26.2 Å². The van der Waals surface area contributed by atoms with E-state index >= 15 is 0 Å². The third-order valence-corrected chi connectivity index (χ3v) is 5.11. The molecule has 2 heterocycles. The highest BCUT2D eigenvalue weighted by atomic mass is 79.9. The van der Waals surface area contributed by atoms with Crippen LogP contribution >= 0.6 is 27.3 Å². The summed E-state index contributed by atoms with van der Waals surface area (Å²) in [5, 5.41) is 5.78. The highest BCUT2D eigenvalue weighted by Crippen LogP contribution is 2.21. The second-order valence-electron chi connectivity index (χ2n) is 5.29. The molecule has 5 heteroatoms. The predicted molar refractivity (Wildman–Crippen MR) is 84.8 cm³/mol. The normalized spacial score (nSPS) is 21.2. The summed E-state index contributed by atoms with van der Waals surface area (Å²) in [6, 6.07) is 2.66. The van der Waals surface area contributed by atoms with Crippen LogP contribution in [-0.4, -0.2) is 43.8 Å². The molecule has 0 spiro atoms. The van der Waals surface area contributed by atoms with Crippen molar-refractivity contribution in [3.8, 4) is 0 Å². The summed E-state index contributed by atoms with van der Waals surface area (Å²) in [6.45, 7) is 6.25. The molecule has 0 radical (unpaired) electrons. The maximum atomic E-state index is 5.69. The van der Waals surface area contributed by atoms with Crippen molar-refractivity contribution < 1.29 is 4.74 Å². The van der Waals surface area contributed by atoms with Gasteiger partial charge in [0.25, 0.3) is 0 Å². The monoisotopic (exact) mass is 346 g/mol. The lowest BCUT2D eigenvalue weighted by atomic mass is 10.1. The number of thiophene rings is 1. The topological polar surface area (TPSA) is 24.5 Å². The maximum absolute atomic E-state index is 5.69. The molecule has 1 aliphatic heterocycles. The first-order valence-electron chi connectivity index (χ1n) is 6.91. The Morgan fingerprint density at radius 3 is 3.11 bits per heavy atom. The first kappa shape index (κ1) is 15.4. The molecule has 108 valence electrons. The highest BCUT2D eigenvalue weighted by molar-refractivity contribution is 9.11. The quantitative estimate of drug-likeness (QED) is 0.820. The molecule has 2 unspecified atom stereocenters. The van der Waals surface area contributed by atoms with Crippen molar-refractivity contribution in [2.24, 2.45) is 0 Å². The van der Waals surface area contributed by atoms with Crippen molar-refractivity contribution in [2.75, 3.05) is 26.7 Å². The Kier molecular flexibility index (Phi) is 6.29. The molecule has 1 aromatic heterocycles. The van der Waals surface area contributed by atoms with Gasteiger partial charge in [-0.1, -0.05) is 0 Å². The first-order valence-corrected chi connectivity index (χ1v) is 8.59. The molecule has 0 aromatic carbocycles. The van der Waals surface area contributed by atoms with Crippen LogP contribution in [0.1, 0.15) is 25.3 Å². The van der Waals surface area contributed by atoms with E-state index in [1.165, 1.54) is 22.2 Å². The van der Waals surface area contributed by atoms with Gasteiger partial charge in [0, 0.05) is 32.3 Å². The van der Waals surface area contributed by atoms with E-state index in [1.807, 2.05) is 0 Å². The van der Waals surface area contributed by atoms with Gasteiger partial charge in [-0.15, -0.1) is 11.3 Å². The average Bonchev–Trinajstić information content (AvgIpc) is 3.00. The van der Waals surface area contributed by atoms with Crippen LogP contribution in [0.4, 0.5) is 0 Å². The lowest BCUT2D eigenvalue weighted by Gasteiger charge is -2.22. The van der Waals surface area contributed by atoms with Crippen LogP contribution in [0.5, 0.6) is 0 Å². The van der Waals surface area contributed by atoms with Crippen LogP contribution < -0.4 is 5.32 Å². The number of halogens is 1. The molecule has 2 rings (SSSR count). The summed E-state index contributed by atoms with van der Waals surface area (Å²) in [6.07, 6.45) is 2.83. The van der Waals surface area contributed by atoms with Gasteiger partial charge in [0.1, 0.15) is 0 Å². The summed E-state index contributed by atoms with van der Waals surface area (Å²) >= 11 is 5.25. The Balaban J connectivity index is 1.62. The van der Waals surface area contributed by atoms with Gasteiger partial charge < -0.3 is 15.0 Å². The van der Waals surface area contributed by atoms with Crippen molar-refractivity contribution in [2.45, 2.75) is 38.5 Å². The molecule has 1 fully saturated rings. The molecular weight excluding hydrogens is 324 g/mol.